The van der Waals surface area contributed by atoms with Gasteiger partial charge in [0.1, 0.15) is 10.7 Å². The van der Waals surface area contributed by atoms with Crippen LogP contribution in [-0.4, -0.2) is 50.5 Å². The van der Waals surface area contributed by atoms with Crippen LogP contribution in [0.1, 0.15) is 0 Å². The van der Waals surface area contributed by atoms with Crippen molar-refractivity contribution >= 4 is 44.0 Å². The second-order valence-electron chi connectivity index (χ2n) is 6.08. The summed E-state index contributed by atoms with van der Waals surface area (Å²) in [6.07, 6.45) is 2.96. The fraction of sp³-hybridized carbons (Fsp3) is 0.235. The highest BCUT2D eigenvalue weighted by molar-refractivity contribution is 7.92. The van der Waals surface area contributed by atoms with Crippen LogP contribution in [0, 0.1) is 0 Å². The Labute approximate surface area is 157 Å². The van der Waals surface area contributed by atoms with E-state index in [0.717, 1.165) is 18.5 Å². The van der Waals surface area contributed by atoms with Gasteiger partial charge in [0.15, 0.2) is 0 Å². The highest BCUT2D eigenvalue weighted by Crippen LogP contribution is 2.29. The quantitative estimate of drug-likeness (QED) is 0.574. The van der Waals surface area contributed by atoms with E-state index in [4.69, 9.17) is 11.6 Å². The lowest BCUT2D eigenvalue weighted by molar-refractivity contribution is 0.425. The molecule has 0 amide bonds. The predicted octanol–water partition coefficient (Wildman–Crippen LogP) is 2.99. The summed E-state index contributed by atoms with van der Waals surface area (Å²) in [5.41, 5.74) is 1.07. The summed E-state index contributed by atoms with van der Waals surface area (Å²) in [6, 6.07) is 8.42. The van der Waals surface area contributed by atoms with Crippen molar-refractivity contribution in [2.45, 2.75) is 4.90 Å². The number of anilines is 2. The third-order valence-corrected chi connectivity index (χ3v) is 5.48. The fourth-order valence-electron chi connectivity index (χ4n) is 2.46. The van der Waals surface area contributed by atoms with E-state index in [0.29, 0.717) is 22.0 Å². The second kappa shape index (κ2) is 7.53. The second-order valence-corrected chi connectivity index (χ2v) is 8.17. The Bertz CT molecular complexity index is 1000. The molecule has 138 valence electrons. The number of aromatic nitrogens is 2. The summed E-state index contributed by atoms with van der Waals surface area (Å²) in [4.78, 5) is 9.29. The Kier molecular flexibility index (Phi) is 5.36. The van der Waals surface area contributed by atoms with Gasteiger partial charge in [0.05, 0.1) is 16.2 Å². The largest absolute Gasteiger partial charge is 0.369 e. The number of hydrogen-bond acceptors (Lipinski definition) is 5. The minimum absolute atomic E-state index is 0.0883. The maximum absolute atomic E-state index is 12.6. The van der Waals surface area contributed by atoms with E-state index in [9.17, 15) is 8.42 Å². The van der Waals surface area contributed by atoms with Crippen molar-refractivity contribution in [1.82, 2.24) is 14.9 Å². The minimum Gasteiger partial charge on any atom is -0.369 e. The van der Waals surface area contributed by atoms with Gasteiger partial charge in [-0.15, -0.1) is 0 Å². The van der Waals surface area contributed by atoms with Gasteiger partial charge in [0.2, 0.25) is 0 Å². The zero-order valence-corrected chi connectivity index (χ0v) is 16.0. The molecule has 9 heteroatoms. The van der Waals surface area contributed by atoms with Crippen molar-refractivity contribution in [1.29, 1.82) is 0 Å². The zero-order valence-electron chi connectivity index (χ0n) is 14.5. The Morgan fingerprint density at radius 1 is 1.23 bits per heavy atom. The van der Waals surface area contributed by atoms with E-state index in [2.05, 4.69) is 20.0 Å². The Morgan fingerprint density at radius 3 is 2.73 bits per heavy atom. The molecule has 0 atom stereocenters. The predicted molar refractivity (Wildman–Crippen MR) is 105 cm³/mol. The monoisotopic (exact) mass is 393 g/mol. The number of H-pyrrole nitrogens is 1. The summed E-state index contributed by atoms with van der Waals surface area (Å²) < 4.78 is 27.9. The maximum Gasteiger partial charge on any atom is 0.263 e. The third kappa shape index (κ3) is 4.09. The van der Waals surface area contributed by atoms with Gasteiger partial charge in [-0.1, -0.05) is 23.7 Å². The molecule has 0 saturated carbocycles. The molecule has 0 aliphatic carbocycles. The first-order valence-corrected chi connectivity index (χ1v) is 9.86. The van der Waals surface area contributed by atoms with Gasteiger partial charge in [-0.05, 0) is 32.3 Å². The summed E-state index contributed by atoms with van der Waals surface area (Å²) in [6.45, 7) is 1.58. The van der Waals surface area contributed by atoms with Gasteiger partial charge in [-0.2, -0.15) is 0 Å². The van der Waals surface area contributed by atoms with Crippen LogP contribution in [0.4, 0.5) is 11.5 Å². The molecule has 0 unspecified atom stereocenters. The molecule has 3 aromatic rings. The smallest absolute Gasteiger partial charge is 0.263 e. The number of nitrogens with one attached hydrogen (secondary N) is 3. The summed E-state index contributed by atoms with van der Waals surface area (Å²) >= 11 is 6.08. The first-order valence-electron chi connectivity index (χ1n) is 8.00. The summed E-state index contributed by atoms with van der Waals surface area (Å²) in [7, 11) is 0.203. The molecule has 2 aromatic heterocycles. The molecule has 7 nitrogen and oxygen atoms in total. The van der Waals surface area contributed by atoms with Gasteiger partial charge in [-0.25, -0.2) is 13.4 Å². The highest BCUT2D eigenvalue weighted by atomic mass is 35.5. The van der Waals surface area contributed by atoms with Crippen molar-refractivity contribution < 1.29 is 8.42 Å². The summed E-state index contributed by atoms with van der Waals surface area (Å²) in [5.74, 6) is 0.629. The molecule has 0 fully saturated rings. The average molecular weight is 394 g/mol. The first-order chi connectivity index (χ1) is 12.4. The number of nitrogens with zero attached hydrogens (tertiary/aromatic N) is 2. The number of para-hydroxylation sites is 1. The number of fused-ring (bicyclic) bond motifs is 1. The number of aromatic amines is 1. The summed E-state index contributed by atoms with van der Waals surface area (Å²) in [5, 5.41) is 4.44. The minimum atomic E-state index is -3.76. The molecular weight excluding hydrogens is 374 g/mol. The molecule has 1 aromatic carbocycles. The van der Waals surface area contributed by atoms with E-state index in [-0.39, 0.29) is 4.90 Å². The number of sulfonamides is 1. The van der Waals surface area contributed by atoms with Crippen molar-refractivity contribution in [3.8, 4) is 0 Å². The van der Waals surface area contributed by atoms with Crippen molar-refractivity contribution in [3.63, 3.8) is 0 Å². The molecule has 2 heterocycles. The molecule has 0 radical (unpaired) electrons. The maximum atomic E-state index is 12.6. The van der Waals surface area contributed by atoms with Crippen molar-refractivity contribution in [2.24, 2.45) is 0 Å². The van der Waals surface area contributed by atoms with E-state index < -0.39 is 10.0 Å². The Morgan fingerprint density at radius 2 is 2.04 bits per heavy atom. The number of likely N-dealkylation sites (N-methyl/N-ethyl adjacent to an activating group) is 1. The van der Waals surface area contributed by atoms with E-state index in [1.165, 1.54) is 12.3 Å². The molecular formula is C17H20ClN5O2S. The molecule has 26 heavy (non-hydrogen) atoms. The number of pyridine rings is 1. The van der Waals surface area contributed by atoms with E-state index in [1.54, 1.807) is 24.4 Å². The molecule has 0 aliphatic heterocycles. The molecule has 3 N–H and O–H groups in total. The molecule has 0 spiro atoms. The van der Waals surface area contributed by atoms with Crippen LogP contribution in [0.2, 0.25) is 5.02 Å². The van der Waals surface area contributed by atoms with Crippen molar-refractivity contribution in [2.75, 3.05) is 37.2 Å². The molecule has 3 rings (SSSR count). The Balaban J connectivity index is 1.77. The van der Waals surface area contributed by atoms with Crippen LogP contribution in [0.5, 0.6) is 0 Å². The van der Waals surface area contributed by atoms with Crippen LogP contribution in [-0.2, 0) is 10.0 Å². The fourth-order valence-corrected chi connectivity index (χ4v) is 3.69. The number of benzene rings is 1. The standard InChI is InChI=1S/C17H20ClN5O2S/c1-23(2)9-8-19-16-7-6-12(10-20-16)26(24,25)22-15-5-3-4-13-14(18)11-21-17(13)15/h3-7,10-11,21-22H,8-9H2,1-2H3,(H,19,20). The number of hydrogen-bond donors (Lipinski definition) is 3. The van der Waals surface area contributed by atoms with Gasteiger partial charge >= 0.3 is 0 Å². The molecule has 0 saturated heterocycles. The van der Waals surface area contributed by atoms with Gasteiger partial charge in [-0.3, -0.25) is 4.72 Å². The average Bonchev–Trinajstić information content (AvgIpc) is 2.97. The lowest BCUT2D eigenvalue weighted by Gasteiger charge is -2.12. The van der Waals surface area contributed by atoms with Crippen LogP contribution in [0.3, 0.4) is 0 Å². The Hall–Kier alpha value is -2.29. The van der Waals surface area contributed by atoms with E-state index in [1.807, 2.05) is 25.1 Å². The van der Waals surface area contributed by atoms with Gasteiger partial charge in [0, 0.05) is 30.9 Å². The van der Waals surface area contributed by atoms with Crippen molar-refractivity contribution in [3.05, 3.63) is 47.7 Å². The first kappa shape index (κ1) is 18.5. The number of rotatable bonds is 7. The zero-order chi connectivity index (χ0) is 18.7. The number of halogens is 1. The third-order valence-electron chi connectivity index (χ3n) is 3.82. The lowest BCUT2D eigenvalue weighted by Crippen LogP contribution is -2.21. The highest BCUT2D eigenvalue weighted by Gasteiger charge is 2.17. The van der Waals surface area contributed by atoms with E-state index >= 15 is 0 Å². The topological polar surface area (TPSA) is 90.1 Å². The van der Waals surface area contributed by atoms with Crippen LogP contribution in [0.15, 0.2) is 47.6 Å². The normalized spacial score (nSPS) is 11.8. The van der Waals surface area contributed by atoms with Gasteiger partial charge in [0.25, 0.3) is 10.0 Å². The van der Waals surface area contributed by atoms with Crippen LogP contribution < -0.4 is 10.0 Å². The van der Waals surface area contributed by atoms with Crippen LogP contribution in [0.25, 0.3) is 10.9 Å². The molecule has 0 aliphatic rings. The molecule has 0 bridgehead atoms. The SMILES string of the molecule is CN(C)CCNc1ccc(S(=O)(=O)Nc2cccc3c(Cl)c[nH]c23)cn1. The van der Waals surface area contributed by atoms with Crippen LogP contribution >= 0.6 is 11.6 Å². The lowest BCUT2D eigenvalue weighted by atomic mass is 10.2. The van der Waals surface area contributed by atoms with Gasteiger partial charge < -0.3 is 15.2 Å².